The third kappa shape index (κ3) is 4.89. The number of nitrogens with one attached hydrogen (secondary N) is 1. The lowest BCUT2D eigenvalue weighted by Crippen LogP contribution is -2.54. The number of ether oxygens (including phenoxy) is 1. The Hall–Kier alpha value is -4.24. The molecule has 0 aliphatic carbocycles. The topological polar surface area (TPSA) is 113 Å². The van der Waals surface area contributed by atoms with E-state index < -0.39 is 23.8 Å². The van der Waals surface area contributed by atoms with Crippen molar-refractivity contribution in [2.75, 3.05) is 4.90 Å². The quantitative estimate of drug-likeness (QED) is 0.368. The molecule has 170 valence electrons. The van der Waals surface area contributed by atoms with Gasteiger partial charge in [0.15, 0.2) is 0 Å². The van der Waals surface area contributed by atoms with Gasteiger partial charge in [-0.05, 0) is 69.5 Å². The Bertz CT molecular complexity index is 1320. The highest BCUT2D eigenvalue weighted by molar-refractivity contribution is 9.10. The second-order valence-electron chi connectivity index (χ2n) is 7.27. The number of hydrogen-bond donors (Lipinski definition) is 2. The summed E-state index contributed by atoms with van der Waals surface area (Å²) in [4.78, 5) is 49.4. The monoisotopic (exact) mass is 520 g/mol. The lowest BCUT2D eigenvalue weighted by Gasteiger charge is -2.26. The molecule has 3 aromatic rings. The molecule has 4 amide bonds. The molecule has 4 rings (SSSR count). The van der Waals surface area contributed by atoms with E-state index in [9.17, 15) is 19.2 Å². The fourth-order valence-electron chi connectivity index (χ4n) is 3.26. The molecule has 1 aliphatic heterocycles. The van der Waals surface area contributed by atoms with E-state index in [1.807, 2.05) is 0 Å². The molecular formula is C25H17BrN2O6. The number of carbonyl (C=O) groups excluding carboxylic acids is 3. The van der Waals surface area contributed by atoms with Crippen molar-refractivity contribution in [3.05, 3.63) is 99.5 Å². The van der Waals surface area contributed by atoms with Crippen LogP contribution < -0.4 is 15.0 Å². The average Bonchev–Trinajstić information content (AvgIpc) is 2.82. The number of amides is 4. The fourth-order valence-corrected chi connectivity index (χ4v) is 3.78. The van der Waals surface area contributed by atoms with Gasteiger partial charge in [-0.2, -0.15) is 0 Å². The molecule has 8 nitrogen and oxygen atoms in total. The van der Waals surface area contributed by atoms with E-state index >= 15 is 0 Å². The van der Waals surface area contributed by atoms with Crippen molar-refractivity contribution in [2.45, 2.75) is 6.61 Å². The van der Waals surface area contributed by atoms with Gasteiger partial charge in [0.05, 0.1) is 15.7 Å². The minimum atomic E-state index is -0.999. The molecule has 0 unspecified atom stereocenters. The van der Waals surface area contributed by atoms with Gasteiger partial charge in [0.1, 0.15) is 17.9 Å². The molecule has 0 aromatic heterocycles. The summed E-state index contributed by atoms with van der Waals surface area (Å²) in [6, 6.07) is 18.9. The van der Waals surface area contributed by atoms with E-state index in [0.717, 1.165) is 10.5 Å². The first-order valence-corrected chi connectivity index (χ1v) is 10.8. The number of aromatic carboxylic acids is 1. The summed E-state index contributed by atoms with van der Waals surface area (Å²) in [6.07, 6.45) is 1.40. The minimum Gasteiger partial charge on any atom is -0.488 e. The summed E-state index contributed by atoms with van der Waals surface area (Å²) >= 11 is 3.42. The van der Waals surface area contributed by atoms with Crippen molar-refractivity contribution in [1.82, 2.24) is 5.32 Å². The normalized spacial score (nSPS) is 14.8. The van der Waals surface area contributed by atoms with Crippen LogP contribution in [0.3, 0.4) is 0 Å². The molecule has 9 heteroatoms. The fraction of sp³-hybridized carbons (Fsp3) is 0.0400. The zero-order chi connectivity index (χ0) is 24.2. The number of anilines is 1. The van der Waals surface area contributed by atoms with E-state index in [1.54, 1.807) is 60.7 Å². The Morgan fingerprint density at radius 1 is 1.00 bits per heavy atom. The molecule has 34 heavy (non-hydrogen) atoms. The number of carboxylic acid groups (broad SMARTS) is 1. The molecule has 0 saturated carbocycles. The van der Waals surface area contributed by atoms with Gasteiger partial charge in [0.25, 0.3) is 11.8 Å². The van der Waals surface area contributed by atoms with Crippen LogP contribution in [0.2, 0.25) is 0 Å². The number of hydrogen-bond acceptors (Lipinski definition) is 5. The third-order valence-corrected chi connectivity index (χ3v) is 5.60. The van der Waals surface area contributed by atoms with Crippen molar-refractivity contribution < 1.29 is 29.0 Å². The van der Waals surface area contributed by atoms with Crippen molar-refractivity contribution >= 4 is 51.5 Å². The maximum atomic E-state index is 12.9. The number of urea groups is 1. The van der Waals surface area contributed by atoms with Crippen molar-refractivity contribution in [2.24, 2.45) is 0 Å². The summed E-state index contributed by atoms with van der Waals surface area (Å²) in [7, 11) is 0. The van der Waals surface area contributed by atoms with Gasteiger partial charge < -0.3 is 9.84 Å². The highest BCUT2D eigenvalue weighted by atomic mass is 79.9. The highest BCUT2D eigenvalue weighted by Crippen LogP contribution is 2.29. The van der Waals surface area contributed by atoms with Crippen molar-refractivity contribution in [3.8, 4) is 5.75 Å². The number of para-hydroxylation sites is 1. The van der Waals surface area contributed by atoms with Crippen LogP contribution in [-0.4, -0.2) is 28.9 Å². The summed E-state index contributed by atoms with van der Waals surface area (Å²) in [6.45, 7) is 0.216. The Morgan fingerprint density at radius 3 is 2.35 bits per heavy atom. The van der Waals surface area contributed by atoms with Gasteiger partial charge in [0.2, 0.25) is 0 Å². The first-order chi connectivity index (χ1) is 16.3. The highest BCUT2D eigenvalue weighted by Gasteiger charge is 2.36. The molecule has 1 saturated heterocycles. The minimum absolute atomic E-state index is 0.178. The van der Waals surface area contributed by atoms with Crippen LogP contribution in [0.5, 0.6) is 5.75 Å². The van der Waals surface area contributed by atoms with Crippen LogP contribution in [-0.2, 0) is 16.2 Å². The molecule has 0 spiro atoms. The molecule has 0 radical (unpaired) electrons. The summed E-state index contributed by atoms with van der Waals surface area (Å²) < 4.78 is 6.37. The van der Waals surface area contributed by atoms with Gasteiger partial charge >= 0.3 is 12.0 Å². The number of nitrogens with zero attached hydrogens (tertiary/aromatic N) is 1. The Labute approximate surface area is 202 Å². The standard InChI is InChI=1S/C25H17BrN2O6/c26-20-13-16(8-11-21(20)34-14-15-6-9-17(10-7-15)24(31)32)12-19-22(29)27-25(33)28(23(19)30)18-4-2-1-3-5-18/h1-13H,14H2,(H,31,32)(H,27,29,33). The van der Waals surface area contributed by atoms with E-state index in [2.05, 4.69) is 21.2 Å². The molecule has 0 atom stereocenters. The van der Waals surface area contributed by atoms with Crippen LogP contribution in [0, 0.1) is 0 Å². The number of carbonyl (C=O) groups is 4. The largest absolute Gasteiger partial charge is 0.488 e. The van der Waals surface area contributed by atoms with Crippen LogP contribution in [0.4, 0.5) is 10.5 Å². The zero-order valence-electron chi connectivity index (χ0n) is 17.5. The number of benzene rings is 3. The zero-order valence-corrected chi connectivity index (χ0v) is 19.1. The molecular weight excluding hydrogens is 504 g/mol. The summed E-state index contributed by atoms with van der Waals surface area (Å²) in [5.74, 6) is -1.98. The van der Waals surface area contributed by atoms with E-state index in [4.69, 9.17) is 9.84 Å². The Balaban J connectivity index is 1.52. The van der Waals surface area contributed by atoms with Crippen LogP contribution in [0.25, 0.3) is 6.08 Å². The first-order valence-electron chi connectivity index (χ1n) is 10.0. The second-order valence-corrected chi connectivity index (χ2v) is 8.13. The molecule has 1 aliphatic rings. The molecule has 3 aromatic carbocycles. The first kappa shape index (κ1) is 22.9. The molecule has 2 N–H and O–H groups in total. The number of halogens is 1. The second kappa shape index (κ2) is 9.72. The predicted octanol–water partition coefficient (Wildman–Crippen LogP) is 4.39. The van der Waals surface area contributed by atoms with Crippen LogP contribution in [0.1, 0.15) is 21.5 Å². The van der Waals surface area contributed by atoms with Crippen LogP contribution in [0.15, 0.2) is 82.8 Å². The maximum absolute atomic E-state index is 12.9. The van der Waals surface area contributed by atoms with Gasteiger partial charge in [-0.1, -0.05) is 36.4 Å². The molecule has 0 bridgehead atoms. The van der Waals surface area contributed by atoms with Gasteiger partial charge in [0, 0.05) is 0 Å². The number of rotatable bonds is 6. The van der Waals surface area contributed by atoms with Gasteiger partial charge in [-0.3, -0.25) is 14.9 Å². The lowest BCUT2D eigenvalue weighted by molar-refractivity contribution is -0.122. The van der Waals surface area contributed by atoms with Crippen LogP contribution >= 0.6 is 15.9 Å². The van der Waals surface area contributed by atoms with Gasteiger partial charge in [-0.15, -0.1) is 0 Å². The number of carboxylic acids is 1. The SMILES string of the molecule is O=C1NC(=O)N(c2ccccc2)C(=O)C1=Cc1ccc(OCc2ccc(C(=O)O)cc2)c(Br)c1. The molecule has 1 fully saturated rings. The third-order valence-electron chi connectivity index (χ3n) is 4.98. The van der Waals surface area contributed by atoms with E-state index in [-0.39, 0.29) is 17.7 Å². The van der Waals surface area contributed by atoms with Crippen molar-refractivity contribution in [1.29, 1.82) is 0 Å². The number of imide groups is 2. The van der Waals surface area contributed by atoms with E-state index in [0.29, 0.717) is 21.5 Å². The Morgan fingerprint density at radius 2 is 1.71 bits per heavy atom. The van der Waals surface area contributed by atoms with Crippen molar-refractivity contribution in [3.63, 3.8) is 0 Å². The lowest BCUT2D eigenvalue weighted by atomic mass is 10.1. The average molecular weight is 521 g/mol. The maximum Gasteiger partial charge on any atom is 0.335 e. The smallest absolute Gasteiger partial charge is 0.335 e. The Kier molecular flexibility index (Phi) is 6.55. The van der Waals surface area contributed by atoms with Gasteiger partial charge in [-0.25, -0.2) is 14.5 Å². The van der Waals surface area contributed by atoms with E-state index in [1.165, 1.54) is 18.2 Å². The predicted molar refractivity (Wildman–Crippen MR) is 127 cm³/mol. The molecule has 1 heterocycles. The summed E-state index contributed by atoms with van der Waals surface area (Å²) in [5, 5.41) is 11.2. The number of barbiturate groups is 1. The summed E-state index contributed by atoms with van der Waals surface area (Å²) in [5.41, 5.74) is 1.70.